The summed E-state index contributed by atoms with van der Waals surface area (Å²) in [6.07, 6.45) is 2.65. The van der Waals surface area contributed by atoms with Crippen LogP contribution < -0.4 is 14.2 Å². The van der Waals surface area contributed by atoms with Crippen molar-refractivity contribution in [3.63, 3.8) is 0 Å². The number of ether oxygens (including phenoxy) is 4. The molecule has 1 heterocycles. The highest BCUT2D eigenvalue weighted by Gasteiger charge is 2.24. The van der Waals surface area contributed by atoms with E-state index in [2.05, 4.69) is 0 Å². The van der Waals surface area contributed by atoms with E-state index in [1.165, 1.54) is 39.4 Å². The van der Waals surface area contributed by atoms with Gasteiger partial charge in [0, 0.05) is 12.6 Å². The number of nitrogens with zero attached hydrogens (tertiary/aromatic N) is 1. The topological polar surface area (TPSA) is 74.3 Å². The molecule has 176 valence electrons. The maximum atomic E-state index is 13.4. The first kappa shape index (κ1) is 24.5. The third kappa shape index (κ3) is 6.03. The molecule has 1 saturated heterocycles. The SMILES string of the molecule is COc1ccc(C=CC(=O)N2CCOC(COc3ccc(F)cc3C(C)=O)C2)c(Cl)c1OC. The molecule has 33 heavy (non-hydrogen) atoms. The number of hydrogen-bond donors (Lipinski definition) is 0. The van der Waals surface area contributed by atoms with E-state index < -0.39 is 11.9 Å². The van der Waals surface area contributed by atoms with E-state index in [9.17, 15) is 14.0 Å². The van der Waals surface area contributed by atoms with Crippen molar-refractivity contribution in [2.24, 2.45) is 0 Å². The summed E-state index contributed by atoms with van der Waals surface area (Å²) in [7, 11) is 3.01. The summed E-state index contributed by atoms with van der Waals surface area (Å²) >= 11 is 6.36. The lowest BCUT2D eigenvalue weighted by Gasteiger charge is -2.32. The number of carbonyl (C=O) groups is 2. The largest absolute Gasteiger partial charge is 0.493 e. The number of hydrogen-bond acceptors (Lipinski definition) is 6. The van der Waals surface area contributed by atoms with Crippen molar-refractivity contribution in [1.29, 1.82) is 0 Å². The maximum absolute atomic E-state index is 13.4. The molecule has 0 radical (unpaired) electrons. The molecule has 2 aromatic rings. The van der Waals surface area contributed by atoms with Crippen molar-refractivity contribution in [2.45, 2.75) is 13.0 Å². The van der Waals surface area contributed by atoms with Crippen LogP contribution >= 0.6 is 11.6 Å². The van der Waals surface area contributed by atoms with Gasteiger partial charge in [-0.1, -0.05) is 11.6 Å². The number of Topliss-reactive ketones (excluding diaryl/α,β-unsaturated/α-hetero) is 1. The normalized spacial score (nSPS) is 16.0. The van der Waals surface area contributed by atoms with Crippen molar-refractivity contribution < 1.29 is 32.9 Å². The molecule has 3 rings (SSSR count). The van der Waals surface area contributed by atoms with Gasteiger partial charge in [0.1, 0.15) is 24.3 Å². The molecule has 0 N–H and O–H groups in total. The molecule has 0 bridgehead atoms. The Hall–Kier alpha value is -3.10. The molecule has 2 aromatic carbocycles. The van der Waals surface area contributed by atoms with Gasteiger partial charge < -0.3 is 23.8 Å². The van der Waals surface area contributed by atoms with E-state index in [0.717, 1.165) is 6.07 Å². The van der Waals surface area contributed by atoms with Crippen molar-refractivity contribution in [2.75, 3.05) is 40.5 Å². The Kier molecular flexibility index (Phi) is 8.30. The average molecular weight is 478 g/mol. The molecule has 1 aliphatic heterocycles. The summed E-state index contributed by atoms with van der Waals surface area (Å²) in [5.41, 5.74) is 0.775. The van der Waals surface area contributed by atoms with E-state index >= 15 is 0 Å². The quantitative estimate of drug-likeness (QED) is 0.422. The molecule has 0 aliphatic carbocycles. The second kappa shape index (κ2) is 11.2. The lowest BCUT2D eigenvalue weighted by Crippen LogP contribution is -2.47. The van der Waals surface area contributed by atoms with E-state index in [-0.39, 0.29) is 29.6 Å². The summed E-state index contributed by atoms with van der Waals surface area (Å²) in [4.78, 5) is 26.1. The van der Waals surface area contributed by atoms with E-state index in [1.807, 2.05) is 0 Å². The smallest absolute Gasteiger partial charge is 0.246 e. The standard InChI is InChI=1S/C24H25ClFNO6/c1-15(28)19-12-17(26)6-8-20(19)33-14-18-13-27(10-11-32-18)22(29)9-5-16-4-7-21(30-2)24(31-3)23(16)25/h4-9,12,18H,10-11,13-14H2,1-3H3. The molecule has 1 aliphatic rings. The minimum Gasteiger partial charge on any atom is -0.493 e. The summed E-state index contributed by atoms with van der Waals surface area (Å²) in [5.74, 6) is 0.142. The van der Waals surface area contributed by atoms with Gasteiger partial charge in [-0.15, -0.1) is 0 Å². The summed E-state index contributed by atoms with van der Waals surface area (Å²) in [6.45, 7) is 2.53. The fourth-order valence-electron chi connectivity index (χ4n) is 3.41. The van der Waals surface area contributed by atoms with Crippen LogP contribution in [0.25, 0.3) is 6.08 Å². The number of rotatable bonds is 8. The molecule has 7 nitrogen and oxygen atoms in total. The second-order valence-electron chi connectivity index (χ2n) is 7.32. The van der Waals surface area contributed by atoms with Crippen LogP contribution in [0.5, 0.6) is 17.2 Å². The first-order valence-corrected chi connectivity index (χ1v) is 10.6. The summed E-state index contributed by atoms with van der Waals surface area (Å²) in [5, 5.41) is 0.342. The Morgan fingerprint density at radius 1 is 1.21 bits per heavy atom. The Labute approximate surface area is 196 Å². The third-order valence-electron chi connectivity index (χ3n) is 5.12. The molecule has 1 amide bonds. The van der Waals surface area contributed by atoms with Crippen molar-refractivity contribution in [3.8, 4) is 17.2 Å². The minimum absolute atomic E-state index is 0.112. The van der Waals surface area contributed by atoms with Crippen molar-refractivity contribution in [3.05, 3.63) is 58.4 Å². The number of methoxy groups -OCH3 is 2. The number of amides is 1. The van der Waals surface area contributed by atoms with Gasteiger partial charge in [0.05, 0.1) is 38.0 Å². The predicted molar refractivity (Wildman–Crippen MR) is 122 cm³/mol. The zero-order valence-corrected chi connectivity index (χ0v) is 19.4. The number of carbonyl (C=O) groups excluding carboxylic acids is 2. The van der Waals surface area contributed by atoms with Crippen LogP contribution in [-0.4, -0.2) is 63.2 Å². The van der Waals surface area contributed by atoms with Crippen LogP contribution in [0.3, 0.4) is 0 Å². The van der Waals surface area contributed by atoms with Crippen LogP contribution in [0, 0.1) is 5.82 Å². The highest BCUT2D eigenvalue weighted by molar-refractivity contribution is 6.33. The highest BCUT2D eigenvalue weighted by Crippen LogP contribution is 2.37. The number of ketones is 1. The van der Waals surface area contributed by atoms with Gasteiger partial charge in [0.2, 0.25) is 5.91 Å². The molecule has 0 spiro atoms. The van der Waals surface area contributed by atoms with E-state index in [0.29, 0.717) is 41.8 Å². The van der Waals surface area contributed by atoms with Crippen LogP contribution in [0.15, 0.2) is 36.4 Å². The Morgan fingerprint density at radius 2 is 1.97 bits per heavy atom. The Balaban J connectivity index is 1.63. The molecule has 1 atom stereocenters. The molecular weight excluding hydrogens is 453 g/mol. The van der Waals surface area contributed by atoms with Crippen molar-refractivity contribution >= 4 is 29.4 Å². The minimum atomic E-state index is -0.514. The molecule has 0 aromatic heterocycles. The van der Waals surface area contributed by atoms with E-state index in [1.54, 1.807) is 23.1 Å². The lowest BCUT2D eigenvalue weighted by atomic mass is 10.1. The van der Waals surface area contributed by atoms with Gasteiger partial charge >= 0.3 is 0 Å². The Morgan fingerprint density at radius 3 is 2.67 bits per heavy atom. The number of morpholine rings is 1. The van der Waals surface area contributed by atoms with E-state index in [4.69, 9.17) is 30.5 Å². The number of benzene rings is 2. The molecule has 0 saturated carbocycles. The fraction of sp³-hybridized carbons (Fsp3) is 0.333. The molecule has 1 fully saturated rings. The Bertz CT molecular complexity index is 1060. The second-order valence-corrected chi connectivity index (χ2v) is 7.70. The van der Waals surface area contributed by atoms with Gasteiger partial charge in [-0.25, -0.2) is 4.39 Å². The monoisotopic (exact) mass is 477 g/mol. The summed E-state index contributed by atoms with van der Waals surface area (Å²) < 4.78 is 35.3. The first-order chi connectivity index (χ1) is 15.8. The van der Waals surface area contributed by atoms with Gasteiger partial charge in [-0.05, 0) is 48.9 Å². The van der Waals surface area contributed by atoms with Gasteiger partial charge in [0.15, 0.2) is 17.3 Å². The summed E-state index contributed by atoms with van der Waals surface area (Å²) in [6, 6.07) is 7.22. The third-order valence-corrected chi connectivity index (χ3v) is 5.51. The van der Waals surface area contributed by atoms with Crippen molar-refractivity contribution in [1.82, 2.24) is 4.90 Å². The van der Waals surface area contributed by atoms with Crippen LogP contribution in [0.2, 0.25) is 5.02 Å². The van der Waals surface area contributed by atoms with Gasteiger partial charge in [-0.2, -0.15) is 0 Å². The van der Waals surface area contributed by atoms with Crippen LogP contribution in [0.4, 0.5) is 4.39 Å². The molecule has 1 unspecified atom stereocenters. The van der Waals surface area contributed by atoms with Crippen LogP contribution in [0.1, 0.15) is 22.8 Å². The highest BCUT2D eigenvalue weighted by atomic mass is 35.5. The lowest BCUT2D eigenvalue weighted by molar-refractivity contribution is -0.134. The predicted octanol–water partition coefficient (Wildman–Crippen LogP) is 4.02. The zero-order chi connectivity index (χ0) is 24.0. The van der Waals surface area contributed by atoms with Gasteiger partial charge in [-0.3, -0.25) is 9.59 Å². The van der Waals surface area contributed by atoms with Gasteiger partial charge in [0.25, 0.3) is 0 Å². The average Bonchev–Trinajstić information content (AvgIpc) is 2.82. The van der Waals surface area contributed by atoms with Crippen LogP contribution in [-0.2, 0) is 9.53 Å². The fourth-order valence-corrected chi connectivity index (χ4v) is 3.70. The first-order valence-electron chi connectivity index (χ1n) is 10.3. The molecule has 9 heteroatoms. The zero-order valence-electron chi connectivity index (χ0n) is 18.6. The maximum Gasteiger partial charge on any atom is 0.246 e. The molecular formula is C24H25ClFNO6. The number of halogens is 2.